The second kappa shape index (κ2) is 9.64. The van der Waals surface area contributed by atoms with Crippen molar-refractivity contribution < 1.29 is 9.59 Å². The van der Waals surface area contributed by atoms with Gasteiger partial charge in [-0.05, 0) is 62.0 Å². The van der Waals surface area contributed by atoms with Crippen LogP contribution in [0.2, 0.25) is 0 Å². The molecule has 0 spiro atoms. The highest BCUT2D eigenvalue weighted by atomic mass is 35.5. The molecule has 1 aliphatic heterocycles. The van der Waals surface area contributed by atoms with Crippen molar-refractivity contribution >= 4 is 29.9 Å². The molecule has 2 amide bonds. The minimum Gasteiger partial charge on any atom is -0.345 e. The summed E-state index contributed by atoms with van der Waals surface area (Å²) in [5.41, 5.74) is 1.36. The Balaban J connectivity index is 0.00000288. The van der Waals surface area contributed by atoms with E-state index in [1.165, 1.54) is 4.90 Å². The highest BCUT2D eigenvalue weighted by molar-refractivity contribution is 5.95. The zero-order valence-electron chi connectivity index (χ0n) is 14.7. The molecule has 24 heavy (non-hydrogen) atoms. The van der Waals surface area contributed by atoms with Crippen LogP contribution in [-0.4, -0.2) is 43.9 Å². The Kier molecular flexibility index (Phi) is 8.22. The summed E-state index contributed by atoms with van der Waals surface area (Å²) in [7, 11) is 3.44. The van der Waals surface area contributed by atoms with Crippen LogP contribution < -0.4 is 10.6 Å². The monoisotopic (exact) mass is 353 g/mol. The van der Waals surface area contributed by atoms with Crippen molar-refractivity contribution in [1.29, 1.82) is 0 Å². The highest BCUT2D eigenvalue weighted by Gasteiger charge is 2.22. The molecule has 0 aliphatic carbocycles. The van der Waals surface area contributed by atoms with Gasteiger partial charge in [-0.15, -0.1) is 12.4 Å². The third-order valence-electron chi connectivity index (χ3n) is 4.52. The maximum Gasteiger partial charge on any atom is 0.253 e. The Morgan fingerprint density at radius 3 is 2.33 bits per heavy atom. The van der Waals surface area contributed by atoms with Crippen molar-refractivity contribution in [3.63, 3.8) is 0 Å². The number of hydrogen-bond donors (Lipinski definition) is 2. The lowest BCUT2D eigenvalue weighted by Crippen LogP contribution is -2.32. The van der Waals surface area contributed by atoms with Gasteiger partial charge in [0.25, 0.3) is 5.91 Å². The lowest BCUT2D eigenvalue weighted by molar-refractivity contribution is -0.117. The molecule has 134 valence electrons. The van der Waals surface area contributed by atoms with E-state index in [1.54, 1.807) is 38.4 Å². The van der Waals surface area contributed by atoms with Crippen LogP contribution in [0.15, 0.2) is 24.3 Å². The van der Waals surface area contributed by atoms with E-state index in [2.05, 4.69) is 17.6 Å². The molecule has 1 heterocycles. The third kappa shape index (κ3) is 5.80. The molecular weight excluding hydrogens is 326 g/mol. The zero-order chi connectivity index (χ0) is 16.8. The Morgan fingerprint density at radius 2 is 1.79 bits per heavy atom. The number of carbonyl (C=O) groups excluding carboxylic acids is 2. The first kappa shape index (κ1) is 20.5. The Hall–Kier alpha value is -1.59. The Labute approximate surface area is 150 Å². The van der Waals surface area contributed by atoms with Crippen LogP contribution in [0.1, 0.15) is 36.5 Å². The quantitative estimate of drug-likeness (QED) is 0.855. The van der Waals surface area contributed by atoms with Gasteiger partial charge in [-0.25, -0.2) is 0 Å². The van der Waals surface area contributed by atoms with Gasteiger partial charge in [0.15, 0.2) is 0 Å². The average molecular weight is 354 g/mol. The second-order valence-corrected chi connectivity index (χ2v) is 6.59. The number of benzene rings is 1. The van der Waals surface area contributed by atoms with Gasteiger partial charge in [0, 0.05) is 31.8 Å². The maximum absolute atomic E-state index is 12.2. The minimum atomic E-state index is -0.0394. The SMILES string of the molecule is CC(CC(=O)Nc1ccc(C(=O)N(C)C)cc1)C1CCNCC1.Cl. The molecule has 0 bridgehead atoms. The fourth-order valence-corrected chi connectivity index (χ4v) is 3.04. The Bertz CT molecular complexity index is 540. The van der Waals surface area contributed by atoms with E-state index in [-0.39, 0.29) is 24.2 Å². The van der Waals surface area contributed by atoms with Gasteiger partial charge in [-0.2, -0.15) is 0 Å². The van der Waals surface area contributed by atoms with E-state index >= 15 is 0 Å². The number of piperidine rings is 1. The van der Waals surface area contributed by atoms with Crippen LogP contribution >= 0.6 is 12.4 Å². The maximum atomic E-state index is 12.2. The van der Waals surface area contributed by atoms with E-state index in [4.69, 9.17) is 0 Å². The van der Waals surface area contributed by atoms with Crippen LogP contribution in [0.25, 0.3) is 0 Å². The first-order valence-electron chi connectivity index (χ1n) is 8.29. The molecule has 1 unspecified atom stereocenters. The fourth-order valence-electron chi connectivity index (χ4n) is 3.04. The van der Waals surface area contributed by atoms with Crippen LogP contribution in [-0.2, 0) is 4.79 Å². The molecule has 5 nitrogen and oxygen atoms in total. The number of carbonyl (C=O) groups is 2. The van der Waals surface area contributed by atoms with Gasteiger partial charge in [0.1, 0.15) is 0 Å². The third-order valence-corrected chi connectivity index (χ3v) is 4.52. The number of hydrogen-bond acceptors (Lipinski definition) is 3. The summed E-state index contributed by atoms with van der Waals surface area (Å²) in [6, 6.07) is 7.05. The van der Waals surface area contributed by atoms with Crippen LogP contribution in [0.4, 0.5) is 5.69 Å². The van der Waals surface area contributed by atoms with Crippen molar-refractivity contribution in [2.75, 3.05) is 32.5 Å². The molecular formula is C18H28ClN3O2. The molecule has 0 radical (unpaired) electrons. The number of rotatable bonds is 5. The predicted octanol–water partition coefficient (Wildman–Crippen LogP) is 2.77. The van der Waals surface area contributed by atoms with E-state index in [0.717, 1.165) is 31.6 Å². The first-order valence-corrected chi connectivity index (χ1v) is 8.29. The molecule has 1 atom stereocenters. The highest BCUT2D eigenvalue weighted by Crippen LogP contribution is 2.24. The van der Waals surface area contributed by atoms with Crippen molar-refractivity contribution in [2.45, 2.75) is 26.2 Å². The molecule has 1 aliphatic rings. The zero-order valence-corrected chi connectivity index (χ0v) is 15.5. The molecule has 2 N–H and O–H groups in total. The van der Waals surface area contributed by atoms with Gasteiger partial charge in [0.05, 0.1) is 0 Å². The smallest absolute Gasteiger partial charge is 0.253 e. The molecule has 0 aromatic heterocycles. The van der Waals surface area contributed by atoms with Crippen LogP contribution in [0.5, 0.6) is 0 Å². The number of nitrogens with one attached hydrogen (secondary N) is 2. The second-order valence-electron chi connectivity index (χ2n) is 6.59. The molecule has 1 aromatic carbocycles. The van der Waals surface area contributed by atoms with Crippen molar-refractivity contribution in [2.24, 2.45) is 11.8 Å². The average Bonchev–Trinajstić information content (AvgIpc) is 2.55. The van der Waals surface area contributed by atoms with Gasteiger partial charge in [-0.3, -0.25) is 9.59 Å². The Morgan fingerprint density at radius 1 is 1.21 bits per heavy atom. The topological polar surface area (TPSA) is 61.4 Å². The van der Waals surface area contributed by atoms with Crippen LogP contribution in [0, 0.1) is 11.8 Å². The molecule has 1 fully saturated rings. The van der Waals surface area contributed by atoms with Crippen LogP contribution in [0.3, 0.4) is 0 Å². The van der Waals surface area contributed by atoms with E-state index in [0.29, 0.717) is 23.8 Å². The first-order chi connectivity index (χ1) is 11.0. The number of halogens is 1. The molecule has 6 heteroatoms. The van der Waals surface area contributed by atoms with Crippen molar-refractivity contribution in [3.8, 4) is 0 Å². The van der Waals surface area contributed by atoms with Gasteiger partial charge < -0.3 is 15.5 Å². The standard InChI is InChI=1S/C18H27N3O2.ClH/c1-13(14-8-10-19-11-9-14)12-17(22)20-16-6-4-15(5-7-16)18(23)21(2)3;/h4-7,13-14,19H,8-12H2,1-3H3,(H,20,22);1H. The largest absolute Gasteiger partial charge is 0.345 e. The van der Waals surface area contributed by atoms with E-state index in [1.807, 2.05) is 0 Å². The van der Waals surface area contributed by atoms with Gasteiger partial charge in [0.2, 0.25) is 5.91 Å². The molecule has 1 saturated heterocycles. The minimum absolute atomic E-state index is 0. The van der Waals surface area contributed by atoms with Gasteiger partial charge in [-0.1, -0.05) is 6.92 Å². The number of nitrogens with zero attached hydrogens (tertiary/aromatic N) is 1. The normalized spacial score (nSPS) is 16.0. The molecule has 2 rings (SSSR count). The lowest BCUT2D eigenvalue weighted by atomic mass is 9.84. The summed E-state index contributed by atoms with van der Waals surface area (Å²) < 4.78 is 0. The summed E-state index contributed by atoms with van der Waals surface area (Å²) in [4.78, 5) is 25.6. The summed E-state index contributed by atoms with van der Waals surface area (Å²) in [5.74, 6) is 1.03. The molecule has 1 aromatic rings. The van der Waals surface area contributed by atoms with E-state index < -0.39 is 0 Å². The number of anilines is 1. The summed E-state index contributed by atoms with van der Waals surface area (Å²) in [5, 5.41) is 6.28. The van der Waals surface area contributed by atoms with Gasteiger partial charge >= 0.3 is 0 Å². The predicted molar refractivity (Wildman–Crippen MR) is 99.7 cm³/mol. The summed E-state index contributed by atoms with van der Waals surface area (Å²) in [6.07, 6.45) is 2.84. The van der Waals surface area contributed by atoms with Crippen molar-refractivity contribution in [1.82, 2.24) is 10.2 Å². The fraction of sp³-hybridized carbons (Fsp3) is 0.556. The lowest BCUT2D eigenvalue weighted by Gasteiger charge is -2.27. The molecule has 0 saturated carbocycles. The van der Waals surface area contributed by atoms with Crippen molar-refractivity contribution in [3.05, 3.63) is 29.8 Å². The summed E-state index contributed by atoms with van der Waals surface area (Å²) >= 11 is 0. The van der Waals surface area contributed by atoms with E-state index in [9.17, 15) is 9.59 Å². The summed E-state index contributed by atoms with van der Waals surface area (Å²) in [6.45, 7) is 4.27. The number of amides is 2.